The second-order valence-corrected chi connectivity index (χ2v) is 10.6. The Bertz CT molecular complexity index is 667. The Morgan fingerprint density at radius 1 is 1.07 bits per heavy atom. The van der Waals surface area contributed by atoms with Crippen LogP contribution in [0.2, 0.25) is 0 Å². The average molecular weight is 388 g/mol. The van der Waals surface area contributed by atoms with E-state index in [1.807, 2.05) is 0 Å². The second kappa shape index (κ2) is 7.12. The number of fused-ring (bicyclic) bond motifs is 5. The van der Waals surface area contributed by atoms with E-state index >= 15 is 0 Å². The molecule has 1 N–H and O–H groups in total. The predicted molar refractivity (Wildman–Crippen MR) is 109 cm³/mol. The SMILES string of the molecule is CC12CCC(OC3CCCCO3)CC1=CCC1C2CCC2(C)C(=NO)CCC12. The fraction of sp³-hybridized carbons (Fsp3) is 0.875. The zero-order valence-corrected chi connectivity index (χ0v) is 17.7. The number of oxime groups is 1. The highest BCUT2D eigenvalue weighted by Gasteiger charge is 2.58. The van der Waals surface area contributed by atoms with Crippen LogP contribution in [0.3, 0.4) is 0 Å². The minimum Gasteiger partial charge on any atom is -0.411 e. The molecule has 28 heavy (non-hydrogen) atoms. The molecule has 5 aliphatic rings. The van der Waals surface area contributed by atoms with Gasteiger partial charge in [0.2, 0.25) is 0 Å². The Kier molecular flexibility index (Phi) is 4.86. The monoisotopic (exact) mass is 387 g/mol. The summed E-state index contributed by atoms with van der Waals surface area (Å²) in [5.74, 6) is 2.23. The van der Waals surface area contributed by atoms with Crippen molar-refractivity contribution in [3.63, 3.8) is 0 Å². The van der Waals surface area contributed by atoms with Gasteiger partial charge < -0.3 is 14.7 Å². The molecule has 4 aliphatic carbocycles. The van der Waals surface area contributed by atoms with Crippen LogP contribution >= 0.6 is 0 Å². The first kappa shape index (κ1) is 19.1. The van der Waals surface area contributed by atoms with Crippen molar-refractivity contribution in [2.75, 3.05) is 6.61 Å². The minimum absolute atomic E-state index is 0.0325. The van der Waals surface area contributed by atoms with Crippen LogP contribution in [0.25, 0.3) is 0 Å². The van der Waals surface area contributed by atoms with Gasteiger partial charge in [-0.15, -0.1) is 0 Å². The van der Waals surface area contributed by atoms with Crippen LogP contribution in [0.4, 0.5) is 0 Å². The third-order valence-corrected chi connectivity index (χ3v) is 9.40. The summed E-state index contributed by atoms with van der Waals surface area (Å²) < 4.78 is 12.2. The van der Waals surface area contributed by atoms with Gasteiger partial charge in [0.1, 0.15) is 0 Å². The first-order valence-electron chi connectivity index (χ1n) is 11.7. The minimum atomic E-state index is 0.0325. The third-order valence-electron chi connectivity index (χ3n) is 9.40. The normalized spacial score (nSPS) is 49.9. The number of hydrogen-bond donors (Lipinski definition) is 1. The summed E-state index contributed by atoms with van der Waals surface area (Å²) in [5.41, 5.74) is 3.21. The summed E-state index contributed by atoms with van der Waals surface area (Å²) in [6, 6.07) is 0. The molecule has 1 aliphatic heterocycles. The molecule has 4 nitrogen and oxygen atoms in total. The van der Waals surface area contributed by atoms with Crippen molar-refractivity contribution < 1.29 is 14.7 Å². The van der Waals surface area contributed by atoms with Crippen molar-refractivity contribution in [3.05, 3.63) is 11.6 Å². The van der Waals surface area contributed by atoms with Gasteiger partial charge in [-0.1, -0.05) is 30.7 Å². The van der Waals surface area contributed by atoms with Gasteiger partial charge in [0.25, 0.3) is 0 Å². The van der Waals surface area contributed by atoms with E-state index in [1.165, 1.54) is 51.4 Å². The molecule has 0 aromatic rings. The van der Waals surface area contributed by atoms with Crippen LogP contribution in [0.5, 0.6) is 0 Å². The number of rotatable bonds is 2. The molecule has 4 heteroatoms. The highest BCUT2D eigenvalue weighted by atomic mass is 16.7. The fourth-order valence-corrected chi connectivity index (χ4v) is 7.73. The van der Waals surface area contributed by atoms with Crippen LogP contribution in [-0.2, 0) is 9.47 Å². The second-order valence-electron chi connectivity index (χ2n) is 10.6. The lowest BCUT2D eigenvalue weighted by Crippen LogP contribution is -2.50. The maximum absolute atomic E-state index is 9.52. The zero-order chi connectivity index (χ0) is 19.4. The molecule has 0 spiro atoms. The lowest BCUT2D eigenvalue weighted by molar-refractivity contribution is -0.195. The van der Waals surface area contributed by atoms with Gasteiger partial charge in [-0.05, 0) is 93.8 Å². The maximum atomic E-state index is 9.52. The largest absolute Gasteiger partial charge is 0.411 e. The number of ether oxygens (including phenoxy) is 2. The first-order valence-corrected chi connectivity index (χ1v) is 11.7. The molecule has 5 rings (SSSR count). The Labute approximate surface area is 169 Å². The number of nitrogens with zero attached hydrogens (tertiary/aromatic N) is 1. The van der Waals surface area contributed by atoms with E-state index in [1.54, 1.807) is 5.57 Å². The molecule has 3 saturated carbocycles. The van der Waals surface area contributed by atoms with E-state index in [9.17, 15) is 5.21 Å². The van der Waals surface area contributed by atoms with E-state index in [0.717, 1.165) is 43.4 Å². The highest BCUT2D eigenvalue weighted by molar-refractivity contribution is 5.92. The van der Waals surface area contributed by atoms with E-state index in [2.05, 4.69) is 25.1 Å². The Morgan fingerprint density at radius 2 is 1.89 bits per heavy atom. The summed E-state index contributed by atoms with van der Waals surface area (Å²) in [5, 5.41) is 13.2. The summed E-state index contributed by atoms with van der Waals surface area (Å²) in [7, 11) is 0. The molecule has 0 bridgehead atoms. The molecule has 0 aromatic carbocycles. The lowest BCUT2D eigenvalue weighted by Gasteiger charge is -2.57. The molecule has 7 atom stereocenters. The van der Waals surface area contributed by atoms with Gasteiger partial charge in [0.05, 0.1) is 11.8 Å². The molecule has 4 fully saturated rings. The standard InChI is InChI=1S/C24H37NO3/c1-23-12-10-17(28-22-5-3-4-14-27-22)15-16(23)6-7-18-19-8-9-21(25-26)24(19,2)13-11-20(18)23/h6,17-20,22,26H,3-5,7-15H2,1-2H3. The van der Waals surface area contributed by atoms with Gasteiger partial charge in [-0.3, -0.25) is 0 Å². The molecule has 7 unspecified atom stereocenters. The summed E-state index contributed by atoms with van der Waals surface area (Å²) in [6.07, 6.45) is 15.8. The van der Waals surface area contributed by atoms with Crippen LogP contribution in [0, 0.1) is 28.6 Å². The summed E-state index contributed by atoms with van der Waals surface area (Å²) in [6.45, 7) is 5.77. The molecule has 1 saturated heterocycles. The molecular formula is C24H37NO3. The van der Waals surface area contributed by atoms with E-state index in [-0.39, 0.29) is 11.7 Å². The molecule has 1 heterocycles. The molecular weight excluding hydrogens is 350 g/mol. The number of allylic oxidation sites excluding steroid dienone is 1. The van der Waals surface area contributed by atoms with Gasteiger partial charge >= 0.3 is 0 Å². The molecule has 0 aromatic heterocycles. The molecule has 156 valence electrons. The summed E-state index contributed by atoms with van der Waals surface area (Å²) in [4.78, 5) is 0. The van der Waals surface area contributed by atoms with Crippen LogP contribution in [-0.4, -0.2) is 29.9 Å². The quantitative estimate of drug-likeness (QED) is 0.376. The van der Waals surface area contributed by atoms with Gasteiger partial charge in [0, 0.05) is 12.0 Å². The Morgan fingerprint density at radius 3 is 2.68 bits per heavy atom. The van der Waals surface area contributed by atoms with Gasteiger partial charge in [-0.25, -0.2) is 0 Å². The topological polar surface area (TPSA) is 51.0 Å². The Hall–Kier alpha value is -0.870. The average Bonchev–Trinajstić information content (AvgIpc) is 3.05. The van der Waals surface area contributed by atoms with Crippen molar-refractivity contribution in [1.29, 1.82) is 0 Å². The maximum Gasteiger partial charge on any atom is 0.157 e. The van der Waals surface area contributed by atoms with Crippen LogP contribution in [0.1, 0.15) is 84.5 Å². The van der Waals surface area contributed by atoms with Crippen LogP contribution < -0.4 is 0 Å². The van der Waals surface area contributed by atoms with Gasteiger partial charge in [-0.2, -0.15) is 0 Å². The first-order chi connectivity index (χ1) is 13.5. The molecule has 0 radical (unpaired) electrons. The highest BCUT2D eigenvalue weighted by Crippen LogP contribution is 2.64. The smallest absolute Gasteiger partial charge is 0.157 e. The summed E-state index contributed by atoms with van der Waals surface area (Å²) >= 11 is 0. The van der Waals surface area contributed by atoms with E-state index in [0.29, 0.717) is 17.4 Å². The predicted octanol–water partition coefficient (Wildman–Crippen LogP) is 5.69. The third kappa shape index (κ3) is 2.89. The van der Waals surface area contributed by atoms with E-state index < -0.39 is 0 Å². The van der Waals surface area contributed by atoms with Gasteiger partial charge in [0.15, 0.2) is 6.29 Å². The van der Waals surface area contributed by atoms with E-state index in [4.69, 9.17) is 9.47 Å². The van der Waals surface area contributed by atoms with Crippen molar-refractivity contribution >= 4 is 5.71 Å². The van der Waals surface area contributed by atoms with Crippen molar-refractivity contribution in [2.45, 2.75) is 96.9 Å². The lowest BCUT2D eigenvalue weighted by atomic mass is 9.48. The van der Waals surface area contributed by atoms with Crippen molar-refractivity contribution in [3.8, 4) is 0 Å². The van der Waals surface area contributed by atoms with Crippen molar-refractivity contribution in [1.82, 2.24) is 0 Å². The number of hydrogen-bond acceptors (Lipinski definition) is 4. The van der Waals surface area contributed by atoms with Crippen LogP contribution in [0.15, 0.2) is 16.8 Å². The molecule has 0 amide bonds. The zero-order valence-electron chi connectivity index (χ0n) is 17.7. The fourth-order valence-electron chi connectivity index (χ4n) is 7.73. The van der Waals surface area contributed by atoms with Crippen molar-refractivity contribution in [2.24, 2.45) is 33.7 Å². The Balaban J connectivity index is 1.32.